The van der Waals surface area contributed by atoms with Crippen molar-refractivity contribution in [2.24, 2.45) is 0 Å². The Morgan fingerprint density at radius 1 is 1.47 bits per heavy atom. The van der Waals surface area contributed by atoms with Gasteiger partial charge in [0.25, 0.3) is 0 Å². The first-order valence-corrected chi connectivity index (χ1v) is 5.27. The molecule has 0 aromatic carbocycles. The molecule has 0 fully saturated rings. The zero-order valence-corrected chi connectivity index (χ0v) is 9.10. The molecule has 4 nitrogen and oxygen atoms in total. The van der Waals surface area contributed by atoms with E-state index in [4.69, 9.17) is 0 Å². The molecule has 2 rings (SSSR count). The van der Waals surface area contributed by atoms with Crippen molar-refractivity contribution in [3.63, 3.8) is 0 Å². The molecular formula is C11H15N3O. The van der Waals surface area contributed by atoms with Gasteiger partial charge < -0.3 is 0 Å². The molecule has 0 bridgehead atoms. The Hall–Kier alpha value is -1.45. The Labute approximate surface area is 89.0 Å². The van der Waals surface area contributed by atoms with Crippen LogP contribution in [-0.2, 0) is 11.2 Å². The summed E-state index contributed by atoms with van der Waals surface area (Å²) in [4.78, 5) is 15.3. The number of hydrogen-bond acceptors (Lipinski definition) is 3. The number of allylic oxidation sites excluding steroid dienone is 2. The summed E-state index contributed by atoms with van der Waals surface area (Å²) >= 11 is 0. The summed E-state index contributed by atoms with van der Waals surface area (Å²) in [5, 5.41) is 4.17. The average Bonchev–Trinajstić information content (AvgIpc) is 2.75. The molecule has 4 heteroatoms. The summed E-state index contributed by atoms with van der Waals surface area (Å²) < 4.78 is 1.91. The van der Waals surface area contributed by atoms with Gasteiger partial charge in [0, 0.05) is 18.9 Å². The van der Waals surface area contributed by atoms with Gasteiger partial charge in [-0.25, -0.2) is 9.67 Å². The summed E-state index contributed by atoms with van der Waals surface area (Å²) in [6, 6.07) is 0.320. The van der Waals surface area contributed by atoms with Crippen LogP contribution >= 0.6 is 0 Å². The zero-order valence-electron chi connectivity index (χ0n) is 9.10. The average molecular weight is 205 g/mol. The van der Waals surface area contributed by atoms with E-state index < -0.39 is 0 Å². The first kappa shape index (κ1) is 10.1. The molecule has 0 unspecified atom stereocenters. The quantitative estimate of drug-likeness (QED) is 0.754. The molecule has 1 heterocycles. The molecule has 0 N–H and O–H groups in total. The van der Waals surface area contributed by atoms with E-state index >= 15 is 0 Å². The third-order valence-corrected chi connectivity index (χ3v) is 2.58. The summed E-state index contributed by atoms with van der Waals surface area (Å²) in [5.74, 6) is 1.19. The number of carbonyl (C=O) groups is 1. The summed E-state index contributed by atoms with van der Waals surface area (Å²) in [6.45, 7) is 4.15. The highest BCUT2D eigenvalue weighted by Crippen LogP contribution is 2.19. The maximum absolute atomic E-state index is 11.1. The molecule has 15 heavy (non-hydrogen) atoms. The van der Waals surface area contributed by atoms with Gasteiger partial charge in [-0.1, -0.05) is 5.57 Å². The van der Waals surface area contributed by atoms with Gasteiger partial charge >= 0.3 is 0 Å². The molecule has 80 valence electrons. The molecule has 0 radical (unpaired) electrons. The zero-order chi connectivity index (χ0) is 10.8. The second-order valence-electron chi connectivity index (χ2n) is 4.16. The number of carbonyl (C=O) groups excluding carboxylic acids is 1. The predicted molar refractivity (Wildman–Crippen MR) is 56.4 cm³/mol. The lowest BCUT2D eigenvalue weighted by atomic mass is 10.1. The monoisotopic (exact) mass is 205 g/mol. The fraction of sp³-hybridized carbons (Fsp3) is 0.545. The topological polar surface area (TPSA) is 47.8 Å². The van der Waals surface area contributed by atoms with Crippen LogP contribution in [0.2, 0.25) is 0 Å². The predicted octanol–water partition coefficient (Wildman–Crippen LogP) is 1.69. The van der Waals surface area contributed by atoms with Crippen LogP contribution in [0.15, 0.2) is 18.0 Å². The summed E-state index contributed by atoms with van der Waals surface area (Å²) in [7, 11) is 0. The first-order chi connectivity index (χ1) is 7.16. The highest BCUT2D eigenvalue weighted by Gasteiger charge is 2.15. The standard InChI is InChI=1S/C11H15N3O/c1-8(2)14-11(12-7-13-14)6-9-3-4-10(15)5-9/h5,7-8H,3-4,6H2,1-2H3. The van der Waals surface area contributed by atoms with Crippen LogP contribution in [0.3, 0.4) is 0 Å². The smallest absolute Gasteiger partial charge is 0.155 e. The van der Waals surface area contributed by atoms with Crippen LogP contribution in [0, 0.1) is 0 Å². The minimum Gasteiger partial charge on any atom is -0.295 e. The van der Waals surface area contributed by atoms with E-state index in [0.29, 0.717) is 12.5 Å². The molecule has 1 aliphatic rings. The van der Waals surface area contributed by atoms with Crippen molar-refractivity contribution >= 4 is 5.78 Å². The Balaban J connectivity index is 2.14. The Morgan fingerprint density at radius 3 is 2.87 bits per heavy atom. The SMILES string of the molecule is CC(C)n1ncnc1CC1=CC(=O)CC1. The lowest BCUT2D eigenvalue weighted by Crippen LogP contribution is -2.08. The molecule has 0 spiro atoms. The Bertz CT molecular complexity index is 404. The van der Waals surface area contributed by atoms with Crippen molar-refractivity contribution in [1.82, 2.24) is 14.8 Å². The fourth-order valence-electron chi connectivity index (χ4n) is 1.83. The Morgan fingerprint density at radius 2 is 2.27 bits per heavy atom. The van der Waals surface area contributed by atoms with Crippen molar-refractivity contribution in [3.8, 4) is 0 Å². The van der Waals surface area contributed by atoms with Crippen LogP contribution in [0.25, 0.3) is 0 Å². The number of hydrogen-bond donors (Lipinski definition) is 0. The van der Waals surface area contributed by atoms with Gasteiger partial charge in [-0.2, -0.15) is 5.10 Å². The summed E-state index contributed by atoms with van der Waals surface area (Å²) in [5.41, 5.74) is 1.18. The minimum absolute atomic E-state index is 0.237. The van der Waals surface area contributed by atoms with Crippen molar-refractivity contribution < 1.29 is 4.79 Å². The highest BCUT2D eigenvalue weighted by atomic mass is 16.1. The van der Waals surface area contributed by atoms with Crippen molar-refractivity contribution in [1.29, 1.82) is 0 Å². The number of ketones is 1. The van der Waals surface area contributed by atoms with Gasteiger partial charge in [-0.15, -0.1) is 0 Å². The van der Waals surface area contributed by atoms with Crippen molar-refractivity contribution in [3.05, 3.63) is 23.8 Å². The van der Waals surface area contributed by atoms with Crippen LogP contribution in [0.1, 0.15) is 38.6 Å². The molecule has 0 atom stereocenters. The summed E-state index contributed by atoms with van der Waals surface area (Å²) in [6.07, 6.45) is 5.62. The van der Waals surface area contributed by atoms with E-state index in [0.717, 1.165) is 18.7 Å². The van der Waals surface area contributed by atoms with E-state index in [1.165, 1.54) is 5.57 Å². The molecule has 0 amide bonds. The maximum Gasteiger partial charge on any atom is 0.155 e. The van der Waals surface area contributed by atoms with Crippen LogP contribution in [-0.4, -0.2) is 20.5 Å². The second kappa shape index (κ2) is 3.96. The van der Waals surface area contributed by atoms with E-state index in [9.17, 15) is 4.79 Å². The number of aromatic nitrogens is 3. The fourth-order valence-corrected chi connectivity index (χ4v) is 1.83. The van der Waals surface area contributed by atoms with Crippen LogP contribution in [0.5, 0.6) is 0 Å². The van der Waals surface area contributed by atoms with Gasteiger partial charge in [0.15, 0.2) is 5.78 Å². The lowest BCUT2D eigenvalue weighted by molar-refractivity contribution is -0.114. The van der Waals surface area contributed by atoms with Gasteiger partial charge in [0.2, 0.25) is 0 Å². The molecule has 1 aliphatic carbocycles. The van der Waals surface area contributed by atoms with Gasteiger partial charge in [-0.3, -0.25) is 4.79 Å². The van der Waals surface area contributed by atoms with Crippen molar-refractivity contribution in [2.75, 3.05) is 0 Å². The van der Waals surface area contributed by atoms with Crippen LogP contribution < -0.4 is 0 Å². The molecule has 0 saturated carbocycles. The molecule has 0 aliphatic heterocycles. The molecular weight excluding hydrogens is 190 g/mol. The normalized spacial score (nSPS) is 16.2. The Kier molecular flexibility index (Phi) is 2.66. The van der Waals surface area contributed by atoms with E-state index in [2.05, 4.69) is 23.9 Å². The van der Waals surface area contributed by atoms with Crippen molar-refractivity contribution in [2.45, 2.75) is 39.2 Å². The molecule has 1 aromatic heterocycles. The third-order valence-electron chi connectivity index (χ3n) is 2.58. The third kappa shape index (κ3) is 2.14. The molecule has 1 aromatic rings. The number of nitrogens with zero attached hydrogens (tertiary/aromatic N) is 3. The van der Waals surface area contributed by atoms with E-state index in [1.807, 2.05) is 4.68 Å². The number of rotatable bonds is 3. The highest BCUT2D eigenvalue weighted by molar-refractivity contribution is 5.92. The van der Waals surface area contributed by atoms with Crippen LogP contribution in [0.4, 0.5) is 0 Å². The first-order valence-electron chi connectivity index (χ1n) is 5.27. The van der Waals surface area contributed by atoms with E-state index in [-0.39, 0.29) is 5.78 Å². The van der Waals surface area contributed by atoms with Gasteiger partial charge in [0.05, 0.1) is 0 Å². The van der Waals surface area contributed by atoms with Gasteiger partial charge in [0.1, 0.15) is 12.2 Å². The minimum atomic E-state index is 0.237. The van der Waals surface area contributed by atoms with E-state index in [1.54, 1.807) is 12.4 Å². The maximum atomic E-state index is 11.1. The molecule has 0 saturated heterocycles. The van der Waals surface area contributed by atoms with Gasteiger partial charge in [-0.05, 0) is 26.3 Å². The second-order valence-corrected chi connectivity index (χ2v) is 4.16. The lowest BCUT2D eigenvalue weighted by Gasteiger charge is -2.09. The largest absolute Gasteiger partial charge is 0.295 e.